The topological polar surface area (TPSA) is 35.5 Å². The fourth-order valence-corrected chi connectivity index (χ4v) is 1.75. The molecular formula is C13H14O3. The lowest BCUT2D eigenvalue weighted by molar-refractivity contribution is -0.137. The summed E-state index contributed by atoms with van der Waals surface area (Å²) in [5.74, 6) is -0.308. The largest absolute Gasteiger partial charge is 0.463 e. The van der Waals surface area contributed by atoms with E-state index in [0.29, 0.717) is 19.8 Å². The van der Waals surface area contributed by atoms with Crippen LogP contribution in [0.15, 0.2) is 30.3 Å². The highest BCUT2D eigenvalue weighted by atomic mass is 16.5. The Morgan fingerprint density at radius 2 is 2.25 bits per heavy atom. The van der Waals surface area contributed by atoms with Gasteiger partial charge in [-0.15, -0.1) is 0 Å². The van der Waals surface area contributed by atoms with E-state index < -0.39 is 0 Å². The molecule has 3 nitrogen and oxygen atoms in total. The molecule has 0 amide bonds. The highest BCUT2D eigenvalue weighted by Crippen LogP contribution is 2.25. The Morgan fingerprint density at radius 3 is 3.06 bits per heavy atom. The number of rotatable bonds is 2. The van der Waals surface area contributed by atoms with Gasteiger partial charge in [-0.05, 0) is 23.6 Å². The smallest absolute Gasteiger partial charge is 0.331 e. The molecule has 16 heavy (non-hydrogen) atoms. The van der Waals surface area contributed by atoms with E-state index in [1.807, 2.05) is 24.3 Å². The number of hydrogen-bond donors (Lipinski definition) is 0. The predicted octanol–water partition coefficient (Wildman–Crippen LogP) is 2.16. The Labute approximate surface area is 94.7 Å². The molecule has 0 fully saturated rings. The maximum atomic E-state index is 11.4. The summed E-state index contributed by atoms with van der Waals surface area (Å²) in [5, 5.41) is 0. The maximum absolute atomic E-state index is 11.4. The number of hydrogen-bond acceptors (Lipinski definition) is 3. The average Bonchev–Trinajstić information content (AvgIpc) is 2.30. The summed E-state index contributed by atoms with van der Waals surface area (Å²) in [5.41, 5.74) is 3.09. The van der Waals surface area contributed by atoms with Crippen molar-refractivity contribution in [1.29, 1.82) is 0 Å². The van der Waals surface area contributed by atoms with Gasteiger partial charge in [-0.3, -0.25) is 0 Å². The molecule has 1 heterocycles. The summed E-state index contributed by atoms with van der Waals surface area (Å²) in [7, 11) is 0. The maximum Gasteiger partial charge on any atom is 0.331 e. The lowest BCUT2D eigenvalue weighted by Crippen LogP contribution is -2.11. The number of ether oxygens (including phenoxy) is 2. The molecule has 1 aliphatic heterocycles. The quantitative estimate of drug-likeness (QED) is 0.563. The van der Waals surface area contributed by atoms with Gasteiger partial charge in [-0.1, -0.05) is 24.3 Å². The summed E-state index contributed by atoms with van der Waals surface area (Å²) >= 11 is 0. The Balaban J connectivity index is 2.28. The average molecular weight is 218 g/mol. The zero-order valence-electron chi connectivity index (χ0n) is 9.23. The van der Waals surface area contributed by atoms with Gasteiger partial charge in [0.2, 0.25) is 0 Å². The van der Waals surface area contributed by atoms with Crippen molar-refractivity contribution in [2.75, 3.05) is 13.2 Å². The van der Waals surface area contributed by atoms with Crippen molar-refractivity contribution >= 4 is 11.5 Å². The van der Waals surface area contributed by atoms with Crippen LogP contribution in [0.2, 0.25) is 0 Å². The fourth-order valence-electron chi connectivity index (χ4n) is 1.75. The molecule has 0 radical (unpaired) electrons. The monoisotopic (exact) mass is 218 g/mol. The first-order valence-corrected chi connectivity index (χ1v) is 5.34. The van der Waals surface area contributed by atoms with Gasteiger partial charge in [0, 0.05) is 6.08 Å². The van der Waals surface area contributed by atoms with Crippen LogP contribution in [0.3, 0.4) is 0 Å². The standard InChI is InChI=1S/C13H14O3/c1-2-16-13(14)7-11-9-15-8-10-5-3-4-6-12(10)11/h3-7H,2,8-9H2,1H3/b11-7-. The van der Waals surface area contributed by atoms with Crippen LogP contribution in [0.25, 0.3) is 5.57 Å². The molecule has 2 rings (SSSR count). The van der Waals surface area contributed by atoms with Crippen LogP contribution in [0.1, 0.15) is 18.1 Å². The third-order valence-corrected chi connectivity index (χ3v) is 2.46. The van der Waals surface area contributed by atoms with Gasteiger partial charge in [0.25, 0.3) is 0 Å². The number of carbonyl (C=O) groups is 1. The third kappa shape index (κ3) is 2.31. The molecule has 0 saturated heterocycles. The van der Waals surface area contributed by atoms with E-state index in [2.05, 4.69) is 0 Å². The van der Waals surface area contributed by atoms with Gasteiger partial charge >= 0.3 is 5.97 Å². The minimum atomic E-state index is -0.308. The summed E-state index contributed by atoms with van der Waals surface area (Å²) in [4.78, 5) is 11.4. The zero-order chi connectivity index (χ0) is 11.4. The van der Waals surface area contributed by atoms with Crippen LogP contribution in [-0.4, -0.2) is 19.2 Å². The Kier molecular flexibility index (Phi) is 3.37. The van der Waals surface area contributed by atoms with E-state index in [1.54, 1.807) is 6.92 Å². The van der Waals surface area contributed by atoms with Gasteiger partial charge in [-0.25, -0.2) is 4.79 Å². The van der Waals surface area contributed by atoms with Crippen molar-refractivity contribution in [3.05, 3.63) is 41.5 Å². The van der Waals surface area contributed by atoms with Crippen LogP contribution in [-0.2, 0) is 20.9 Å². The van der Waals surface area contributed by atoms with Gasteiger partial charge in [0.05, 0.1) is 19.8 Å². The molecule has 1 aromatic rings. The Hall–Kier alpha value is -1.61. The highest BCUT2D eigenvalue weighted by molar-refractivity contribution is 5.92. The second-order valence-corrected chi connectivity index (χ2v) is 3.57. The molecule has 0 bridgehead atoms. The van der Waals surface area contributed by atoms with Crippen molar-refractivity contribution in [1.82, 2.24) is 0 Å². The third-order valence-electron chi connectivity index (χ3n) is 2.46. The van der Waals surface area contributed by atoms with E-state index in [9.17, 15) is 4.79 Å². The molecule has 3 heteroatoms. The SMILES string of the molecule is CCOC(=O)/C=C1/COCc2ccccc21. The second kappa shape index (κ2) is 4.94. The first-order chi connectivity index (χ1) is 7.81. The van der Waals surface area contributed by atoms with Crippen molar-refractivity contribution in [2.45, 2.75) is 13.5 Å². The summed E-state index contributed by atoms with van der Waals surface area (Å²) in [6.45, 7) is 3.26. The van der Waals surface area contributed by atoms with Crippen molar-refractivity contribution < 1.29 is 14.3 Å². The molecule has 1 aromatic carbocycles. The lowest BCUT2D eigenvalue weighted by Gasteiger charge is -2.18. The van der Waals surface area contributed by atoms with Crippen molar-refractivity contribution in [2.24, 2.45) is 0 Å². The van der Waals surface area contributed by atoms with E-state index in [-0.39, 0.29) is 5.97 Å². The van der Waals surface area contributed by atoms with Crippen LogP contribution < -0.4 is 0 Å². The van der Waals surface area contributed by atoms with Crippen LogP contribution in [0, 0.1) is 0 Å². The summed E-state index contributed by atoms with van der Waals surface area (Å²) < 4.78 is 10.3. The molecule has 0 atom stereocenters. The van der Waals surface area contributed by atoms with Gasteiger partial charge in [0.1, 0.15) is 0 Å². The molecule has 0 saturated carbocycles. The predicted molar refractivity (Wildman–Crippen MR) is 60.7 cm³/mol. The Morgan fingerprint density at radius 1 is 1.44 bits per heavy atom. The van der Waals surface area contributed by atoms with Gasteiger partial charge in [0.15, 0.2) is 0 Å². The lowest BCUT2D eigenvalue weighted by atomic mass is 9.98. The molecule has 0 unspecified atom stereocenters. The minimum Gasteiger partial charge on any atom is -0.463 e. The van der Waals surface area contributed by atoms with Gasteiger partial charge < -0.3 is 9.47 Å². The molecular weight excluding hydrogens is 204 g/mol. The van der Waals surface area contributed by atoms with E-state index >= 15 is 0 Å². The molecule has 0 aromatic heterocycles. The molecule has 84 valence electrons. The zero-order valence-corrected chi connectivity index (χ0v) is 9.23. The molecule has 0 spiro atoms. The summed E-state index contributed by atoms with van der Waals surface area (Å²) in [6, 6.07) is 7.94. The first kappa shape index (κ1) is 10.9. The Bertz CT molecular complexity index is 421. The van der Waals surface area contributed by atoms with Crippen molar-refractivity contribution in [3.8, 4) is 0 Å². The van der Waals surface area contributed by atoms with Crippen LogP contribution in [0.4, 0.5) is 0 Å². The molecule has 0 aliphatic carbocycles. The second-order valence-electron chi connectivity index (χ2n) is 3.57. The van der Waals surface area contributed by atoms with E-state index in [0.717, 1.165) is 16.7 Å². The minimum absolute atomic E-state index is 0.308. The highest BCUT2D eigenvalue weighted by Gasteiger charge is 2.14. The fraction of sp³-hybridized carbons (Fsp3) is 0.308. The van der Waals surface area contributed by atoms with Crippen LogP contribution in [0.5, 0.6) is 0 Å². The first-order valence-electron chi connectivity index (χ1n) is 5.34. The molecule has 0 N–H and O–H groups in total. The van der Waals surface area contributed by atoms with Crippen molar-refractivity contribution in [3.63, 3.8) is 0 Å². The van der Waals surface area contributed by atoms with Crippen LogP contribution >= 0.6 is 0 Å². The number of carbonyl (C=O) groups excluding carboxylic acids is 1. The molecule has 1 aliphatic rings. The van der Waals surface area contributed by atoms with E-state index in [1.165, 1.54) is 6.08 Å². The van der Waals surface area contributed by atoms with E-state index in [4.69, 9.17) is 9.47 Å². The number of benzene rings is 1. The normalized spacial score (nSPS) is 16.9. The van der Waals surface area contributed by atoms with Gasteiger partial charge in [-0.2, -0.15) is 0 Å². The number of esters is 1. The summed E-state index contributed by atoms with van der Waals surface area (Å²) in [6.07, 6.45) is 1.52. The number of fused-ring (bicyclic) bond motifs is 1.